The minimum atomic E-state index is -3.84. The Hall–Kier alpha value is -2.75. The lowest BCUT2D eigenvalue weighted by Crippen LogP contribution is -2.46. The summed E-state index contributed by atoms with van der Waals surface area (Å²) >= 11 is 1.36. The fourth-order valence-electron chi connectivity index (χ4n) is 3.66. The number of hydrogen-bond donors (Lipinski definition) is 0. The van der Waals surface area contributed by atoms with Gasteiger partial charge in [0.25, 0.3) is 5.91 Å². The summed E-state index contributed by atoms with van der Waals surface area (Å²) in [5.74, 6) is 0.275. The number of methoxy groups -OCH3 is 1. The molecule has 0 N–H and O–H groups in total. The standard InChI is InChI=1S/C22H23N3O4S2/c1-16-15-30-22(23-16)25(17-7-4-3-5-8-17)21(26)20-9-6-14-24(20)31(27,28)19-12-10-18(29-2)11-13-19/h3-5,7-8,10-13,15,20H,6,9,14H2,1-2H3/t20-/m0/s1. The summed E-state index contributed by atoms with van der Waals surface area (Å²) in [5.41, 5.74) is 1.47. The summed E-state index contributed by atoms with van der Waals surface area (Å²) in [6.45, 7) is 2.16. The maximum atomic E-state index is 13.7. The molecule has 1 aromatic heterocycles. The second kappa shape index (κ2) is 8.78. The SMILES string of the molecule is COc1ccc(S(=O)(=O)N2CCC[C@H]2C(=O)N(c2ccccc2)c2nc(C)cs2)cc1. The van der Waals surface area contributed by atoms with Gasteiger partial charge in [0.1, 0.15) is 11.8 Å². The first-order valence-electron chi connectivity index (χ1n) is 9.89. The van der Waals surface area contributed by atoms with E-state index in [0.29, 0.717) is 36.0 Å². The number of carbonyl (C=O) groups is 1. The van der Waals surface area contributed by atoms with Crippen LogP contribution in [0.1, 0.15) is 18.5 Å². The monoisotopic (exact) mass is 457 g/mol. The van der Waals surface area contributed by atoms with Gasteiger partial charge in [-0.1, -0.05) is 18.2 Å². The maximum absolute atomic E-state index is 13.7. The molecular weight excluding hydrogens is 434 g/mol. The zero-order valence-corrected chi connectivity index (χ0v) is 18.9. The topological polar surface area (TPSA) is 79.8 Å². The van der Waals surface area contributed by atoms with Crippen LogP contribution in [-0.2, 0) is 14.8 Å². The van der Waals surface area contributed by atoms with Crippen molar-refractivity contribution in [3.63, 3.8) is 0 Å². The summed E-state index contributed by atoms with van der Waals surface area (Å²) in [6, 6.07) is 14.6. The Labute approximate surface area is 186 Å². The Bertz CT molecular complexity index is 1160. The highest BCUT2D eigenvalue weighted by atomic mass is 32.2. The number of thiazole rings is 1. The molecule has 1 fully saturated rings. The zero-order chi connectivity index (χ0) is 22.0. The van der Waals surface area contributed by atoms with E-state index in [4.69, 9.17) is 4.74 Å². The fourth-order valence-corrected chi connectivity index (χ4v) is 6.14. The van der Waals surface area contributed by atoms with E-state index in [1.54, 1.807) is 12.1 Å². The molecule has 7 nitrogen and oxygen atoms in total. The summed E-state index contributed by atoms with van der Waals surface area (Å²) in [4.78, 5) is 19.9. The van der Waals surface area contributed by atoms with E-state index >= 15 is 0 Å². The lowest BCUT2D eigenvalue weighted by Gasteiger charge is -2.28. The van der Waals surface area contributed by atoms with Crippen molar-refractivity contribution in [2.75, 3.05) is 18.6 Å². The molecule has 0 saturated carbocycles. The number of para-hydroxylation sites is 1. The van der Waals surface area contributed by atoms with E-state index in [1.165, 1.54) is 39.8 Å². The van der Waals surface area contributed by atoms with Gasteiger partial charge in [0.05, 0.1) is 23.4 Å². The van der Waals surface area contributed by atoms with Crippen LogP contribution in [0.25, 0.3) is 0 Å². The van der Waals surface area contributed by atoms with Crippen LogP contribution >= 0.6 is 11.3 Å². The lowest BCUT2D eigenvalue weighted by molar-refractivity contribution is -0.120. The van der Waals surface area contributed by atoms with Gasteiger partial charge in [-0.3, -0.25) is 9.69 Å². The molecule has 9 heteroatoms. The Kier molecular flexibility index (Phi) is 6.08. The number of ether oxygens (including phenoxy) is 1. The molecule has 0 bridgehead atoms. The first-order chi connectivity index (χ1) is 14.9. The second-order valence-corrected chi connectivity index (χ2v) is 9.96. The largest absolute Gasteiger partial charge is 0.497 e. The van der Waals surface area contributed by atoms with Gasteiger partial charge >= 0.3 is 0 Å². The Morgan fingerprint density at radius 2 is 1.87 bits per heavy atom. The third-order valence-electron chi connectivity index (χ3n) is 5.19. The first kappa shape index (κ1) is 21.5. The molecule has 31 heavy (non-hydrogen) atoms. The highest BCUT2D eigenvalue weighted by Crippen LogP contribution is 2.34. The van der Waals surface area contributed by atoms with Gasteiger partial charge in [-0.2, -0.15) is 4.31 Å². The molecule has 0 radical (unpaired) electrons. The van der Waals surface area contributed by atoms with E-state index in [2.05, 4.69) is 4.98 Å². The molecule has 0 unspecified atom stereocenters. The number of amides is 1. The van der Waals surface area contributed by atoms with Gasteiger partial charge in [-0.15, -0.1) is 11.3 Å². The number of anilines is 2. The van der Waals surface area contributed by atoms with Crippen LogP contribution in [0.3, 0.4) is 0 Å². The van der Waals surface area contributed by atoms with Crippen LogP contribution < -0.4 is 9.64 Å². The molecule has 1 saturated heterocycles. The van der Waals surface area contributed by atoms with Gasteiger partial charge in [0.15, 0.2) is 5.13 Å². The zero-order valence-electron chi connectivity index (χ0n) is 17.3. The summed E-state index contributed by atoms with van der Waals surface area (Å²) < 4.78 is 33.1. The Morgan fingerprint density at radius 1 is 1.16 bits per heavy atom. The van der Waals surface area contributed by atoms with E-state index in [9.17, 15) is 13.2 Å². The molecule has 2 aromatic carbocycles. The molecule has 2 heterocycles. The maximum Gasteiger partial charge on any atom is 0.251 e. The Morgan fingerprint density at radius 3 is 2.48 bits per heavy atom. The average Bonchev–Trinajstić information content (AvgIpc) is 3.44. The summed E-state index contributed by atoms with van der Waals surface area (Å²) in [5, 5.41) is 2.40. The molecule has 0 aliphatic carbocycles. The van der Waals surface area contributed by atoms with Gasteiger partial charge in [-0.25, -0.2) is 13.4 Å². The number of rotatable bonds is 6. The van der Waals surface area contributed by atoms with Crippen LogP contribution in [0, 0.1) is 6.92 Å². The molecule has 1 aliphatic rings. The van der Waals surface area contributed by atoms with Crippen LogP contribution in [0.15, 0.2) is 64.9 Å². The predicted molar refractivity (Wildman–Crippen MR) is 120 cm³/mol. The minimum Gasteiger partial charge on any atom is -0.497 e. The van der Waals surface area contributed by atoms with Crippen molar-refractivity contribution in [1.29, 1.82) is 0 Å². The van der Waals surface area contributed by atoms with Crippen molar-refractivity contribution in [2.24, 2.45) is 0 Å². The van der Waals surface area contributed by atoms with Gasteiger partial charge in [0, 0.05) is 11.9 Å². The third-order valence-corrected chi connectivity index (χ3v) is 8.05. The van der Waals surface area contributed by atoms with Crippen molar-refractivity contribution < 1.29 is 17.9 Å². The van der Waals surface area contributed by atoms with Crippen molar-refractivity contribution in [1.82, 2.24) is 9.29 Å². The van der Waals surface area contributed by atoms with Gasteiger partial charge in [0.2, 0.25) is 10.0 Å². The van der Waals surface area contributed by atoms with Crippen molar-refractivity contribution >= 4 is 38.1 Å². The van der Waals surface area contributed by atoms with Gasteiger partial charge < -0.3 is 4.74 Å². The van der Waals surface area contributed by atoms with Crippen molar-refractivity contribution in [2.45, 2.75) is 30.7 Å². The molecule has 1 atom stereocenters. The molecule has 3 aromatic rings. The van der Waals surface area contributed by atoms with Crippen LogP contribution in [0.5, 0.6) is 5.75 Å². The first-order valence-corrected chi connectivity index (χ1v) is 12.2. The highest BCUT2D eigenvalue weighted by molar-refractivity contribution is 7.89. The number of sulfonamides is 1. The average molecular weight is 458 g/mol. The lowest BCUT2D eigenvalue weighted by atomic mass is 10.2. The number of carbonyl (C=O) groups excluding carboxylic acids is 1. The van der Waals surface area contributed by atoms with Crippen molar-refractivity contribution in [3.8, 4) is 5.75 Å². The van der Waals surface area contributed by atoms with Crippen molar-refractivity contribution in [3.05, 3.63) is 65.7 Å². The van der Waals surface area contributed by atoms with Crippen LogP contribution in [0.2, 0.25) is 0 Å². The smallest absolute Gasteiger partial charge is 0.251 e. The fraction of sp³-hybridized carbons (Fsp3) is 0.273. The number of nitrogens with zero attached hydrogens (tertiary/aromatic N) is 3. The highest BCUT2D eigenvalue weighted by Gasteiger charge is 2.42. The number of benzene rings is 2. The van der Waals surface area contributed by atoms with Crippen LogP contribution in [-0.4, -0.2) is 43.3 Å². The Balaban J connectivity index is 1.69. The molecule has 0 spiro atoms. The predicted octanol–water partition coefficient (Wildman–Crippen LogP) is 3.98. The molecule has 1 amide bonds. The number of hydrogen-bond acceptors (Lipinski definition) is 6. The van der Waals surface area contributed by atoms with E-state index in [1.807, 2.05) is 42.6 Å². The second-order valence-electron chi connectivity index (χ2n) is 7.23. The molecule has 1 aliphatic heterocycles. The molecule has 162 valence electrons. The van der Waals surface area contributed by atoms with Crippen LogP contribution in [0.4, 0.5) is 10.8 Å². The quantitative estimate of drug-likeness (QED) is 0.559. The molecular formula is C22H23N3O4S2. The van der Waals surface area contributed by atoms with E-state index < -0.39 is 16.1 Å². The molecule has 4 rings (SSSR count). The number of aryl methyl sites for hydroxylation is 1. The third kappa shape index (κ3) is 4.21. The van der Waals surface area contributed by atoms with Gasteiger partial charge in [-0.05, 0) is 56.2 Å². The summed E-state index contributed by atoms with van der Waals surface area (Å²) in [7, 11) is -2.31. The van der Waals surface area contributed by atoms with E-state index in [-0.39, 0.29) is 10.8 Å². The summed E-state index contributed by atoms with van der Waals surface area (Å²) in [6.07, 6.45) is 1.08. The number of aromatic nitrogens is 1. The normalized spacial score (nSPS) is 16.9. The van der Waals surface area contributed by atoms with E-state index in [0.717, 1.165) is 5.69 Å². The minimum absolute atomic E-state index is 0.143.